The lowest BCUT2D eigenvalue weighted by Crippen LogP contribution is -2.19. The van der Waals surface area contributed by atoms with E-state index in [9.17, 15) is 0 Å². The molecule has 2 rings (SSSR count). The molecular weight excluding hydrogens is 250 g/mol. The van der Waals surface area contributed by atoms with Gasteiger partial charge < -0.3 is 10.2 Å². The Labute approximate surface area is 120 Å². The van der Waals surface area contributed by atoms with Crippen LogP contribution in [0.2, 0.25) is 0 Å². The lowest BCUT2D eigenvalue weighted by Gasteiger charge is -2.18. The second-order valence-corrected chi connectivity index (χ2v) is 5.11. The van der Waals surface area contributed by atoms with Gasteiger partial charge in [0, 0.05) is 44.6 Å². The van der Waals surface area contributed by atoms with Crippen LogP contribution in [0.5, 0.6) is 0 Å². The van der Waals surface area contributed by atoms with Gasteiger partial charge in [-0.25, -0.2) is 4.98 Å². The number of hydrogen-bond donors (Lipinski definition) is 1. The van der Waals surface area contributed by atoms with E-state index in [1.54, 1.807) is 0 Å². The molecule has 0 saturated carbocycles. The van der Waals surface area contributed by atoms with Gasteiger partial charge in [0.2, 0.25) is 0 Å². The molecule has 0 amide bonds. The van der Waals surface area contributed by atoms with Crippen LogP contribution in [0.15, 0.2) is 30.7 Å². The van der Waals surface area contributed by atoms with Crippen LogP contribution < -0.4 is 10.2 Å². The number of nitrogens with one attached hydrogen (secondary N) is 1. The Morgan fingerprint density at radius 1 is 1.35 bits per heavy atom. The summed E-state index contributed by atoms with van der Waals surface area (Å²) in [5.74, 6) is 0.973. The van der Waals surface area contributed by atoms with E-state index in [0.29, 0.717) is 6.04 Å². The van der Waals surface area contributed by atoms with Gasteiger partial charge >= 0.3 is 0 Å². The lowest BCUT2D eigenvalue weighted by molar-refractivity contribution is 0.596. The van der Waals surface area contributed by atoms with Crippen molar-refractivity contribution in [2.75, 3.05) is 18.5 Å². The summed E-state index contributed by atoms with van der Waals surface area (Å²) in [6.45, 7) is 6.03. The molecule has 0 aliphatic rings. The predicted molar refractivity (Wildman–Crippen MR) is 81.6 cm³/mol. The largest absolute Gasteiger partial charge is 0.355 e. The van der Waals surface area contributed by atoms with E-state index >= 15 is 0 Å². The van der Waals surface area contributed by atoms with E-state index in [1.807, 2.05) is 37.4 Å². The summed E-state index contributed by atoms with van der Waals surface area (Å²) in [4.78, 5) is 6.67. The maximum absolute atomic E-state index is 4.54. The quantitative estimate of drug-likeness (QED) is 0.875. The van der Waals surface area contributed by atoms with Crippen LogP contribution in [0.1, 0.15) is 31.0 Å². The Balaban J connectivity index is 2.01. The monoisotopic (exact) mass is 273 g/mol. The van der Waals surface area contributed by atoms with E-state index in [1.165, 1.54) is 11.1 Å². The molecule has 108 valence electrons. The molecule has 2 aromatic heterocycles. The van der Waals surface area contributed by atoms with Gasteiger partial charge in [-0.05, 0) is 25.1 Å². The Hall–Kier alpha value is -1.88. The van der Waals surface area contributed by atoms with Gasteiger partial charge in [-0.1, -0.05) is 13.0 Å². The highest BCUT2D eigenvalue weighted by Gasteiger charge is 2.07. The first-order valence-electron chi connectivity index (χ1n) is 6.98. The maximum atomic E-state index is 4.54. The number of nitrogens with zero attached hydrogens (tertiary/aromatic N) is 4. The highest BCUT2D eigenvalue weighted by molar-refractivity contribution is 5.39. The molecule has 0 spiro atoms. The fourth-order valence-corrected chi connectivity index (χ4v) is 2.21. The zero-order valence-corrected chi connectivity index (χ0v) is 12.7. The molecule has 0 radical (unpaired) electrons. The van der Waals surface area contributed by atoms with Crippen LogP contribution in [-0.4, -0.2) is 28.4 Å². The molecule has 2 aromatic rings. The van der Waals surface area contributed by atoms with E-state index in [4.69, 9.17) is 0 Å². The molecule has 1 N–H and O–H groups in total. The molecule has 1 unspecified atom stereocenters. The SMILES string of the molecule is CCNC(C)c1ccc(N(C)Cc2cnn(C)c2)nc1. The van der Waals surface area contributed by atoms with Gasteiger partial charge in [0.15, 0.2) is 0 Å². The Morgan fingerprint density at radius 2 is 2.15 bits per heavy atom. The molecule has 2 heterocycles. The zero-order chi connectivity index (χ0) is 14.5. The van der Waals surface area contributed by atoms with Crippen molar-refractivity contribution in [3.05, 3.63) is 41.9 Å². The van der Waals surface area contributed by atoms with Crippen molar-refractivity contribution < 1.29 is 0 Å². The number of hydrogen-bond acceptors (Lipinski definition) is 4. The van der Waals surface area contributed by atoms with Crippen LogP contribution in [0.3, 0.4) is 0 Å². The highest BCUT2D eigenvalue weighted by Crippen LogP contribution is 2.16. The van der Waals surface area contributed by atoms with E-state index < -0.39 is 0 Å². The first kappa shape index (κ1) is 14.5. The first-order valence-corrected chi connectivity index (χ1v) is 6.98. The predicted octanol–water partition coefficient (Wildman–Crippen LogP) is 2.12. The van der Waals surface area contributed by atoms with Gasteiger partial charge in [-0.2, -0.15) is 5.10 Å². The second-order valence-electron chi connectivity index (χ2n) is 5.11. The average molecular weight is 273 g/mol. The smallest absolute Gasteiger partial charge is 0.128 e. The Kier molecular flexibility index (Phi) is 4.74. The molecular formula is C15H23N5. The van der Waals surface area contributed by atoms with Gasteiger partial charge in [0.25, 0.3) is 0 Å². The third-order valence-corrected chi connectivity index (χ3v) is 3.35. The fraction of sp³-hybridized carbons (Fsp3) is 0.467. The highest BCUT2D eigenvalue weighted by atomic mass is 15.2. The Bertz CT molecular complexity index is 531. The lowest BCUT2D eigenvalue weighted by atomic mass is 10.1. The van der Waals surface area contributed by atoms with Crippen molar-refractivity contribution >= 4 is 5.82 Å². The molecule has 0 aliphatic heterocycles. The van der Waals surface area contributed by atoms with Crippen LogP contribution >= 0.6 is 0 Å². The van der Waals surface area contributed by atoms with Gasteiger partial charge in [-0.15, -0.1) is 0 Å². The molecule has 0 bridgehead atoms. The molecule has 20 heavy (non-hydrogen) atoms. The molecule has 0 fully saturated rings. The summed E-state index contributed by atoms with van der Waals surface area (Å²) in [6, 6.07) is 4.54. The van der Waals surface area contributed by atoms with Crippen LogP contribution in [-0.2, 0) is 13.6 Å². The van der Waals surface area contributed by atoms with Crippen molar-refractivity contribution in [2.24, 2.45) is 7.05 Å². The summed E-state index contributed by atoms with van der Waals surface area (Å²) in [5, 5.41) is 7.57. The minimum Gasteiger partial charge on any atom is -0.355 e. The topological polar surface area (TPSA) is 46.0 Å². The van der Waals surface area contributed by atoms with Crippen LogP contribution in [0.25, 0.3) is 0 Å². The minimum atomic E-state index is 0.338. The summed E-state index contributed by atoms with van der Waals surface area (Å²) >= 11 is 0. The number of pyridine rings is 1. The molecule has 5 heteroatoms. The maximum Gasteiger partial charge on any atom is 0.128 e. The fourth-order valence-electron chi connectivity index (χ4n) is 2.21. The summed E-state index contributed by atoms with van der Waals surface area (Å²) in [6.07, 6.45) is 5.86. The summed E-state index contributed by atoms with van der Waals surface area (Å²) in [5.41, 5.74) is 2.40. The van der Waals surface area contributed by atoms with Crippen molar-refractivity contribution in [2.45, 2.75) is 26.4 Å². The molecule has 0 aliphatic carbocycles. The third kappa shape index (κ3) is 3.57. The van der Waals surface area contributed by atoms with Crippen molar-refractivity contribution in [1.29, 1.82) is 0 Å². The van der Waals surface area contributed by atoms with Crippen LogP contribution in [0.4, 0.5) is 5.82 Å². The van der Waals surface area contributed by atoms with E-state index in [2.05, 4.69) is 46.3 Å². The average Bonchev–Trinajstić information content (AvgIpc) is 2.84. The van der Waals surface area contributed by atoms with Gasteiger partial charge in [-0.3, -0.25) is 4.68 Å². The first-order chi connectivity index (χ1) is 9.60. The standard InChI is InChI=1S/C15H23N5/c1-5-16-12(2)14-6-7-15(17-9-14)19(3)10-13-8-18-20(4)11-13/h6-9,11-12,16H,5,10H2,1-4H3. The molecule has 5 nitrogen and oxygen atoms in total. The van der Waals surface area contributed by atoms with E-state index in [-0.39, 0.29) is 0 Å². The van der Waals surface area contributed by atoms with E-state index in [0.717, 1.165) is 18.9 Å². The molecule has 1 atom stereocenters. The minimum absolute atomic E-state index is 0.338. The zero-order valence-electron chi connectivity index (χ0n) is 12.7. The van der Waals surface area contributed by atoms with Gasteiger partial charge in [0.1, 0.15) is 5.82 Å². The van der Waals surface area contributed by atoms with Crippen LogP contribution in [0, 0.1) is 0 Å². The normalized spacial score (nSPS) is 12.4. The number of aromatic nitrogens is 3. The molecule has 0 aromatic carbocycles. The third-order valence-electron chi connectivity index (χ3n) is 3.35. The molecule has 0 saturated heterocycles. The number of rotatable bonds is 6. The van der Waals surface area contributed by atoms with Crippen molar-refractivity contribution in [3.63, 3.8) is 0 Å². The number of aryl methyl sites for hydroxylation is 1. The second kappa shape index (κ2) is 6.52. The van der Waals surface area contributed by atoms with Gasteiger partial charge in [0.05, 0.1) is 6.20 Å². The summed E-state index contributed by atoms with van der Waals surface area (Å²) < 4.78 is 1.82. The summed E-state index contributed by atoms with van der Waals surface area (Å²) in [7, 11) is 3.97. The number of anilines is 1. The van der Waals surface area contributed by atoms with Crippen molar-refractivity contribution in [3.8, 4) is 0 Å². The Morgan fingerprint density at radius 3 is 2.70 bits per heavy atom. The van der Waals surface area contributed by atoms with Crippen molar-refractivity contribution in [1.82, 2.24) is 20.1 Å².